The lowest BCUT2D eigenvalue weighted by molar-refractivity contribution is -0.167. The van der Waals surface area contributed by atoms with Gasteiger partial charge in [0, 0.05) is 19.3 Å². The normalized spacial score (nSPS) is 12.6. The van der Waals surface area contributed by atoms with Crippen LogP contribution in [0, 0.1) is 0 Å². The fraction of sp³-hybridized carbons (Fsp3) is 0.767. The quantitative estimate of drug-likeness (QED) is 0.0261. The Morgan fingerprint density at radius 1 is 0.266 bits per heavy atom. The van der Waals surface area contributed by atoms with Gasteiger partial charge in [-0.3, -0.25) is 14.4 Å². The molecule has 0 fully saturated rings. The summed E-state index contributed by atoms with van der Waals surface area (Å²) in [5, 5.41) is 0. The SMILES string of the molecule is CC/C=C\C/C=C\C/C=C\C/C=C\C/C=C\CCCCCCCCCC(=O)OC(COC(=O)CCCCCCCCC)COC(=O)CCCCCCCCCCCCCCCCCCCCC/C=C\C/C=C\CCCCCCC. The number of unbranched alkanes of at least 4 members (excludes halogenated alkanes) is 37. The molecular formula is C73H128O6. The van der Waals surface area contributed by atoms with Gasteiger partial charge < -0.3 is 14.2 Å². The van der Waals surface area contributed by atoms with Gasteiger partial charge in [-0.15, -0.1) is 0 Å². The minimum atomic E-state index is -0.780. The van der Waals surface area contributed by atoms with E-state index in [0.29, 0.717) is 19.3 Å². The van der Waals surface area contributed by atoms with E-state index in [0.717, 1.165) is 103 Å². The molecule has 0 rings (SSSR count). The second kappa shape index (κ2) is 67.1. The maximum Gasteiger partial charge on any atom is 0.306 e. The van der Waals surface area contributed by atoms with Crippen molar-refractivity contribution in [2.75, 3.05) is 13.2 Å². The van der Waals surface area contributed by atoms with Crippen molar-refractivity contribution < 1.29 is 28.6 Å². The molecule has 0 bridgehead atoms. The first-order valence-electron chi connectivity index (χ1n) is 34.1. The average molecular weight is 1100 g/mol. The zero-order chi connectivity index (χ0) is 57.1. The molecule has 0 aromatic heterocycles. The summed E-state index contributed by atoms with van der Waals surface area (Å²) in [6.07, 6.45) is 89.2. The standard InChI is InChI=1S/C73H128O6/c1-4-7-10-13-16-18-20-22-24-26-28-30-32-33-34-35-36-37-38-39-41-42-44-46-48-50-52-54-57-60-63-66-72(75)78-69-70(68-77-71(74)65-62-59-56-15-12-9-6-3)79-73(76)67-64-61-58-55-53-51-49-47-45-43-40-31-29-27-25-23-21-19-17-14-11-8-5-2/h8,11,17,19-20,22-23,25-26,28-29,31,43,45,70H,4-7,9-10,12-16,18,21,24,27,30,32-42,44,46-69H2,1-3H3/b11-8-,19-17-,22-20-,25-23-,28-26-,31-29-,45-43-. The first-order valence-corrected chi connectivity index (χ1v) is 34.1. The van der Waals surface area contributed by atoms with Gasteiger partial charge in [-0.2, -0.15) is 0 Å². The summed E-state index contributed by atoms with van der Waals surface area (Å²) in [5.41, 5.74) is 0. The monoisotopic (exact) mass is 1100 g/mol. The summed E-state index contributed by atoms with van der Waals surface area (Å²) in [4.78, 5) is 38.1. The second-order valence-electron chi connectivity index (χ2n) is 22.7. The lowest BCUT2D eigenvalue weighted by atomic mass is 10.0. The van der Waals surface area contributed by atoms with Crippen molar-refractivity contribution in [3.63, 3.8) is 0 Å². The topological polar surface area (TPSA) is 78.9 Å². The molecule has 0 aromatic rings. The van der Waals surface area contributed by atoms with Crippen molar-refractivity contribution in [3.8, 4) is 0 Å². The van der Waals surface area contributed by atoms with Crippen LogP contribution in [0.1, 0.15) is 342 Å². The molecule has 0 aliphatic rings. The molecule has 6 nitrogen and oxygen atoms in total. The van der Waals surface area contributed by atoms with Crippen LogP contribution in [0.4, 0.5) is 0 Å². The molecule has 0 aliphatic heterocycles. The lowest BCUT2D eigenvalue weighted by Gasteiger charge is -2.18. The minimum absolute atomic E-state index is 0.0777. The summed E-state index contributed by atoms with van der Waals surface area (Å²) in [5.74, 6) is -0.881. The van der Waals surface area contributed by atoms with E-state index in [1.54, 1.807) is 0 Å². The summed E-state index contributed by atoms with van der Waals surface area (Å²) in [6, 6.07) is 0. The number of rotatable bonds is 62. The molecule has 0 amide bonds. The van der Waals surface area contributed by atoms with Gasteiger partial charge in [-0.1, -0.05) is 311 Å². The molecule has 0 saturated carbocycles. The Morgan fingerprint density at radius 3 is 0.772 bits per heavy atom. The molecule has 0 aromatic carbocycles. The average Bonchev–Trinajstić information content (AvgIpc) is 3.45. The fourth-order valence-corrected chi connectivity index (χ4v) is 9.80. The van der Waals surface area contributed by atoms with Crippen molar-refractivity contribution in [2.45, 2.75) is 348 Å². The van der Waals surface area contributed by atoms with E-state index in [2.05, 4.69) is 106 Å². The van der Waals surface area contributed by atoms with Crippen LogP contribution in [0.15, 0.2) is 85.1 Å². The molecular weight excluding hydrogens is 973 g/mol. The summed E-state index contributed by atoms with van der Waals surface area (Å²) in [6.45, 7) is 6.50. The zero-order valence-corrected chi connectivity index (χ0v) is 52.4. The first kappa shape index (κ1) is 75.6. The number of allylic oxidation sites excluding steroid dienone is 14. The van der Waals surface area contributed by atoms with Gasteiger partial charge in [0.05, 0.1) is 0 Å². The molecule has 79 heavy (non-hydrogen) atoms. The Hall–Kier alpha value is -3.41. The Kier molecular flexibility index (Phi) is 64.2. The zero-order valence-electron chi connectivity index (χ0n) is 52.4. The maximum atomic E-state index is 12.9. The van der Waals surface area contributed by atoms with Gasteiger partial charge in [0.15, 0.2) is 6.10 Å². The van der Waals surface area contributed by atoms with Crippen LogP contribution >= 0.6 is 0 Å². The largest absolute Gasteiger partial charge is 0.462 e. The van der Waals surface area contributed by atoms with Crippen LogP contribution < -0.4 is 0 Å². The number of esters is 3. The highest BCUT2D eigenvalue weighted by atomic mass is 16.6. The molecule has 1 unspecified atom stereocenters. The summed E-state index contributed by atoms with van der Waals surface area (Å²) < 4.78 is 16.9. The molecule has 456 valence electrons. The van der Waals surface area contributed by atoms with Crippen molar-refractivity contribution >= 4 is 17.9 Å². The van der Waals surface area contributed by atoms with Gasteiger partial charge in [-0.25, -0.2) is 0 Å². The van der Waals surface area contributed by atoms with Crippen LogP contribution in [-0.4, -0.2) is 37.2 Å². The highest BCUT2D eigenvalue weighted by molar-refractivity contribution is 5.71. The van der Waals surface area contributed by atoms with Gasteiger partial charge in [0.25, 0.3) is 0 Å². The molecule has 0 spiro atoms. The van der Waals surface area contributed by atoms with Crippen molar-refractivity contribution in [1.82, 2.24) is 0 Å². The van der Waals surface area contributed by atoms with Crippen LogP contribution in [-0.2, 0) is 28.6 Å². The fourth-order valence-electron chi connectivity index (χ4n) is 9.80. The van der Waals surface area contributed by atoms with Crippen molar-refractivity contribution in [3.05, 3.63) is 85.1 Å². The van der Waals surface area contributed by atoms with E-state index in [4.69, 9.17) is 14.2 Å². The molecule has 0 radical (unpaired) electrons. The van der Waals surface area contributed by atoms with Gasteiger partial charge in [-0.05, 0) is 96.3 Å². The van der Waals surface area contributed by atoms with E-state index in [-0.39, 0.29) is 31.1 Å². The van der Waals surface area contributed by atoms with E-state index in [9.17, 15) is 14.4 Å². The number of ether oxygens (including phenoxy) is 3. The highest BCUT2D eigenvalue weighted by Gasteiger charge is 2.19. The van der Waals surface area contributed by atoms with E-state index >= 15 is 0 Å². The van der Waals surface area contributed by atoms with Crippen LogP contribution in [0.2, 0.25) is 0 Å². The second-order valence-corrected chi connectivity index (χ2v) is 22.7. The molecule has 6 heteroatoms. The van der Waals surface area contributed by atoms with Crippen LogP contribution in [0.5, 0.6) is 0 Å². The maximum absolute atomic E-state index is 12.9. The van der Waals surface area contributed by atoms with Crippen LogP contribution in [0.3, 0.4) is 0 Å². The third-order valence-electron chi connectivity index (χ3n) is 14.9. The minimum Gasteiger partial charge on any atom is -0.462 e. The highest BCUT2D eigenvalue weighted by Crippen LogP contribution is 2.17. The number of hydrogen-bond acceptors (Lipinski definition) is 6. The molecule has 0 N–H and O–H groups in total. The molecule has 0 saturated heterocycles. The smallest absolute Gasteiger partial charge is 0.306 e. The third kappa shape index (κ3) is 65.3. The van der Waals surface area contributed by atoms with Crippen molar-refractivity contribution in [1.29, 1.82) is 0 Å². The lowest BCUT2D eigenvalue weighted by Crippen LogP contribution is -2.30. The molecule has 0 heterocycles. The number of carbonyl (C=O) groups excluding carboxylic acids is 3. The third-order valence-corrected chi connectivity index (χ3v) is 14.9. The van der Waals surface area contributed by atoms with E-state index < -0.39 is 6.10 Å². The molecule has 0 aliphatic carbocycles. The van der Waals surface area contributed by atoms with Gasteiger partial charge >= 0.3 is 17.9 Å². The van der Waals surface area contributed by atoms with Gasteiger partial charge in [0.1, 0.15) is 13.2 Å². The Morgan fingerprint density at radius 2 is 0.494 bits per heavy atom. The Labute approximate surface area is 490 Å². The molecule has 1 atom stereocenters. The van der Waals surface area contributed by atoms with Gasteiger partial charge in [0.2, 0.25) is 0 Å². The Bertz CT molecular complexity index is 1500. The number of carbonyl (C=O) groups is 3. The summed E-state index contributed by atoms with van der Waals surface area (Å²) >= 11 is 0. The Balaban J connectivity index is 4.07. The summed E-state index contributed by atoms with van der Waals surface area (Å²) in [7, 11) is 0. The van der Waals surface area contributed by atoms with Crippen LogP contribution in [0.25, 0.3) is 0 Å². The first-order chi connectivity index (χ1) is 39.0. The number of hydrogen-bond donors (Lipinski definition) is 0. The predicted octanol–water partition coefficient (Wildman–Crippen LogP) is 23.4. The van der Waals surface area contributed by atoms with E-state index in [1.165, 1.54) is 199 Å². The van der Waals surface area contributed by atoms with E-state index in [1.807, 2.05) is 0 Å². The predicted molar refractivity (Wildman–Crippen MR) is 344 cm³/mol. The van der Waals surface area contributed by atoms with Crippen molar-refractivity contribution in [2.24, 2.45) is 0 Å².